The van der Waals surface area contributed by atoms with Crippen LogP contribution in [0.15, 0.2) is 29.6 Å². The first kappa shape index (κ1) is 29.6. The van der Waals surface area contributed by atoms with Crippen LogP contribution in [0, 0.1) is 0 Å². The van der Waals surface area contributed by atoms with E-state index in [2.05, 4.69) is 15.0 Å². The second-order valence-electron chi connectivity index (χ2n) is 8.54. The Labute approximate surface area is 229 Å². The van der Waals surface area contributed by atoms with Crippen LogP contribution >= 0.6 is 23.6 Å². The number of hydrogen-bond acceptors (Lipinski definition) is 6. The van der Waals surface area contributed by atoms with Gasteiger partial charge in [-0.2, -0.15) is 39.5 Å². The zero-order valence-corrected chi connectivity index (χ0v) is 21.7. The summed E-state index contributed by atoms with van der Waals surface area (Å²) in [5, 5.41) is 3.45. The molecule has 1 aromatic carbocycles. The van der Waals surface area contributed by atoms with Gasteiger partial charge in [-0.15, -0.1) is 11.3 Å². The second-order valence-corrected chi connectivity index (χ2v) is 9.81. The van der Waals surface area contributed by atoms with Crippen molar-refractivity contribution in [2.45, 2.75) is 18.5 Å². The molecule has 40 heavy (non-hydrogen) atoms. The van der Waals surface area contributed by atoms with Gasteiger partial charge in [0, 0.05) is 37.2 Å². The van der Waals surface area contributed by atoms with Crippen LogP contribution in [0.25, 0.3) is 10.2 Å². The molecule has 1 aliphatic rings. The standard InChI is InChI=1S/C23H17F9N4O2S2/c1-38-19(37)14-10-40-18-15(23(30,31)32)9-16(34-17(14)18)35-2-4-36(5-3-35)20(39)33-13-7-11(21(24,25)26)6-12(8-13)22(27,28)29/h6-10H,2-5H2,1H3,(H,33,39). The molecule has 0 spiro atoms. The molecular formula is C23H17F9N4O2S2. The van der Waals surface area contributed by atoms with E-state index >= 15 is 0 Å². The average molecular weight is 617 g/mol. The van der Waals surface area contributed by atoms with Gasteiger partial charge in [-0.3, -0.25) is 0 Å². The number of benzene rings is 1. The number of thiocarbonyl (C=S) groups is 1. The summed E-state index contributed by atoms with van der Waals surface area (Å²) in [4.78, 5) is 19.3. The third-order valence-electron chi connectivity index (χ3n) is 5.95. The van der Waals surface area contributed by atoms with E-state index in [1.54, 1.807) is 0 Å². The molecule has 0 amide bonds. The molecule has 0 aliphatic carbocycles. The van der Waals surface area contributed by atoms with Crippen LogP contribution in [0.5, 0.6) is 0 Å². The Morgan fingerprint density at radius 3 is 2.00 bits per heavy atom. The highest BCUT2D eigenvalue weighted by atomic mass is 32.1. The second kappa shape index (κ2) is 10.6. The fourth-order valence-corrected chi connectivity index (χ4v) is 5.30. The first-order chi connectivity index (χ1) is 18.5. The molecule has 17 heteroatoms. The Kier molecular flexibility index (Phi) is 7.83. The fourth-order valence-electron chi connectivity index (χ4n) is 3.99. The van der Waals surface area contributed by atoms with Crippen molar-refractivity contribution in [2.75, 3.05) is 43.5 Å². The Morgan fingerprint density at radius 1 is 0.925 bits per heavy atom. The van der Waals surface area contributed by atoms with E-state index in [1.807, 2.05) is 0 Å². The minimum Gasteiger partial charge on any atom is -0.465 e. The SMILES string of the molecule is COC(=O)c1csc2c(C(F)(F)F)cc(N3CCN(C(=S)Nc4cc(C(F)(F)F)cc(C(F)(F)F)c4)CC3)nc12. The molecule has 4 rings (SSSR count). The number of pyridine rings is 1. The molecule has 1 saturated heterocycles. The summed E-state index contributed by atoms with van der Waals surface area (Å²) in [6.07, 6.45) is -14.8. The monoisotopic (exact) mass is 616 g/mol. The molecule has 3 heterocycles. The van der Waals surface area contributed by atoms with Crippen molar-refractivity contribution >= 4 is 56.4 Å². The van der Waals surface area contributed by atoms with Crippen molar-refractivity contribution in [3.8, 4) is 0 Å². The third kappa shape index (κ3) is 6.19. The van der Waals surface area contributed by atoms with Crippen LogP contribution in [0.2, 0.25) is 0 Å². The topological polar surface area (TPSA) is 57.7 Å². The molecule has 2 aromatic heterocycles. The predicted octanol–water partition coefficient (Wildman–Crippen LogP) is 6.66. The Hall–Kier alpha value is -3.34. The van der Waals surface area contributed by atoms with Gasteiger partial charge in [0.25, 0.3) is 0 Å². The van der Waals surface area contributed by atoms with Crippen LogP contribution in [-0.4, -0.2) is 54.3 Å². The number of piperazine rings is 1. The van der Waals surface area contributed by atoms with E-state index in [0.717, 1.165) is 13.2 Å². The van der Waals surface area contributed by atoms with Crippen molar-refractivity contribution in [3.63, 3.8) is 0 Å². The molecule has 1 N–H and O–H groups in total. The molecule has 0 atom stereocenters. The number of aromatic nitrogens is 1. The van der Waals surface area contributed by atoms with Crippen LogP contribution in [0.4, 0.5) is 51.0 Å². The quantitative estimate of drug-likeness (QED) is 0.201. The van der Waals surface area contributed by atoms with Gasteiger partial charge in [0.05, 0.1) is 39.6 Å². The van der Waals surface area contributed by atoms with Crippen molar-refractivity contribution < 1.29 is 49.0 Å². The van der Waals surface area contributed by atoms with E-state index in [9.17, 15) is 44.3 Å². The molecule has 0 unspecified atom stereocenters. The maximum absolute atomic E-state index is 13.8. The number of esters is 1. The van der Waals surface area contributed by atoms with Gasteiger partial charge < -0.3 is 19.9 Å². The van der Waals surface area contributed by atoms with E-state index in [0.29, 0.717) is 23.5 Å². The number of nitrogens with one attached hydrogen (secondary N) is 1. The molecule has 0 radical (unpaired) electrons. The molecule has 0 saturated carbocycles. The number of anilines is 2. The number of carbonyl (C=O) groups is 1. The summed E-state index contributed by atoms with van der Waals surface area (Å²) in [5.41, 5.74) is -4.84. The Morgan fingerprint density at radius 2 is 1.50 bits per heavy atom. The lowest BCUT2D eigenvalue weighted by Gasteiger charge is -2.37. The van der Waals surface area contributed by atoms with Gasteiger partial charge >= 0.3 is 24.5 Å². The summed E-state index contributed by atoms with van der Waals surface area (Å²) >= 11 is 5.88. The fraction of sp³-hybridized carbons (Fsp3) is 0.348. The van der Waals surface area contributed by atoms with E-state index in [4.69, 9.17) is 12.2 Å². The highest BCUT2D eigenvalue weighted by Gasteiger charge is 2.38. The molecule has 3 aromatic rings. The zero-order chi connectivity index (χ0) is 29.6. The van der Waals surface area contributed by atoms with E-state index in [1.165, 1.54) is 15.2 Å². The Balaban J connectivity index is 1.54. The number of thiophene rings is 1. The summed E-state index contributed by atoms with van der Waals surface area (Å²) < 4.78 is 125. The van der Waals surface area contributed by atoms with Crippen LogP contribution < -0.4 is 10.2 Å². The molecule has 216 valence electrons. The number of carbonyl (C=O) groups excluding carboxylic acids is 1. The number of rotatable bonds is 3. The van der Waals surface area contributed by atoms with Crippen molar-refractivity contribution in [3.05, 3.63) is 51.9 Å². The van der Waals surface area contributed by atoms with Crippen LogP contribution in [0.3, 0.4) is 0 Å². The van der Waals surface area contributed by atoms with Gasteiger partial charge in [0.2, 0.25) is 0 Å². The highest BCUT2D eigenvalue weighted by Crippen LogP contribution is 2.41. The predicted molar refractivity (Wildman–Crippen MR) is 132 cm³/mol. The van der Waals surface area contributed by atoms with Crippen LogP contribution in [-0.2, 0) is 23.3 Å². The molecule has 0 bridgehead atoms. The number of alkyl halides is 9. The lowest BCUT2D eigenvalue weighted by atomic mass is 10.1. The largest absolute Gasteiger partial charge is 0.465 e. The maximum atomic E-state index is 13.8. The number of hydrogen-bond donors (Lipinski definition) is 1. The van der Waals surface area contributed by atoms with Gasteiger partial charge in [0.15, 0.2) is 5.11 Å². The lowest BCUT2D eigenvalue weighted by Crippen LogP contribution is -2.50. The third-order valence-corrected chi connectivity index (χ3v) is 7.31. The minimum absolute atomic E-state index is 0.00880. The number of ether oxygens (including phenoxy) is 1. The van der Waals surface area contributed by atoms with Gasteiger partial charge in [0.1, 0.15) is 5.82 Å². The first-order valence-electron chi connectivity index (χ1n) is 11.2. The molecule has 6 nitrogen and oxygen atoms in total. The van der Waals surface area contributed by atoms with Crippen molar-refractivity contribution in [2.24, 2.45) is 0 Å². The van der Waals surface area contributed by atoms with Crippen molar-refractivity contribution in [1.29, 1.82) is 0 Å². The summed E-state index contributed by atoms with van der Waals surface area (Å²) in [6.45, 7) is 0.244. The molecule has 1 aliphatic heterocycles. The smallest absolute Gasteiger partial charge is 0.417 e. The maximum Gasteiger partial charge on any atom is 0.417 e. The van der Waals surface area contributed by atoms with Gasteiger partial charge in [-0.05, 0) is 36.5 Å². The Bertz CT molecular complexity index is 1410. The first-order valence-corrected chi connectivity index (χ1v) is 12.5. The summed E-state index contributed by atoms with van der Waals surface area (Å²) in [5.74, 6) is -0.928. The van der Waals surface area contributed by atoms with Gasteiger partial charge in [-0.25, -0.2) is 9.78 Å². The van der Waals surface area contributed by atoms with Gasteiger partial charge in [-0.1, -0.05) is 0 Å². The number of methoxy groups -OCH3 is 1. The summed E-state index contributed by atoms with van der Waals surface area (Å²) in [6, 6.07) is 1.84. The lowest BCUT2D eigenvalue weighted by molar-refractivity contribution is -0.143. The van der Waals surface area contributed by atoms with E-state index < -0.39 is 46.9 Å². The van der Waals surface area contributed by atoms with Crippen molar-refractivity contribution in [1.82, 2.24) is 9.88 Å². The van der Waals surface area contributed by atoms with Crippen LogP contribution in [0.1, 0.15) is 27.0 Å². The molecular weight excluding hydrogens is 599 g/mol. The number of nitrogens with zero attached hydrogens (tertiary/aromatic N) is 3. The summed E-state index contributed by atoms with van der Waals surface area (Å²) in [7, 11) is 1.08. The zero-order valence-electron chi connectivity index (χ0n) is 20.1. The number of halogens is 9. The average Bonchev–Trinajstić information content (AvgIpc) is 3.30. The normalized spacial score (nSPS) is 14.9. The highest BCUT2D eigenvalue weighted by molar-refractivity contribution is 7.80. The van der Waals surface area contributed by atoms with E-state index in [-0.39, 0.29) is 59.0 Å². The molecule has 1 fully saturated rings. The number of fused-ring (bicyclic) bond motifs is 1. The minimum atomic E-state index is -5.04.